The maximum Gasteiger partial charge on any atom is 0.410 e. The molecule has 2 fully saturated rings. The van der Waals surface area contributed by atoms with E-state index in [1.54, 1.807) is 9.80 Å². The van der Waals surface area contributed by atoms with Crippen molar-refractivity contribution in [2.75, 3.05) is 26.2 Å². The van der Waals surface area contributed by atoms with Gasteiger partial charge in [-0.15, -0.1) is 0 Å². The Morgan fingerprint density at radius 2 is 1.69 bits per heavy atom. The largest absolute Gasteiger partial charge is 0.442 e. The second-order valence-electron chi connectivity index (χ2n) is 4.48. The fourth-order valence-corrected chi connectivity index (χ4v) is 2.06. The maximum absolute atomic E-state index is 11.7. The first kappa shape index (κ1) is 11.2. The van der Waals surface area contributed by atoms with Gasteiger partial charge in [0, 0.05) is 20.0 Å². The lowest BCUT2D eigenvalue weighted by Crippen LogP contribution is -2.55. The molecular weight excluding hydrogens is 208 g/mol. The third-order valence-corrected chi connectivity index (χ3v) is 3.18. The molecule has 0 aromatic carbocycles. The van der Waals surface area contributed by atoms with Gasteiger partial charge in [-0.2, -0.15) is 0 Å². The summed E-state index contributed by atoms with van der Waals surface area (Å²) in [5.41, 5.74) is 0. The van der Waals surface area contributed by atoms with Crippen LogP contribution in [0.3, 0.4) is 0 Å². The molecule has 5 nitrogen and oxygen atoms in total. The molecule has 0 aromatic heterocycles. The molecule has 5 heteroatoms. The molecule has 90 valence electrons. The van der Waals surface area contributed by atoms with E-state index in [1.807, 2.05) is 0 Å². The zero-order chi connectivity index (χ0) is 11.5. The molecule has 2 heterocycles. The fourth-order valence-electron chi connectivity index (χ4n) is 2.06. The first-order chi connectivity index (χ1) is 7.66. The van der Waals surface area contributed by atoms with Crippen LogP contribution in [0.1, 0.15) is 26.2 Å². The van der Waals surface area contributed by atoms with Crippen LogP contribution >= 0.6 is 0 Å². The molecule has 2 aliphatic rings. The number of likely N-dealkylation sites (tertiary alicyclic amines) is 2. The molecule has 2 amide bonds. The number of carbonyl (C=O) groups excluding carboxylic acids is 2. The Morgan fingerprint density at radius 1 is 1.06 bits per heavy atom. The van der Waals surface area contributed by atoms with E-state index >= 15 is 0 Å². The third kappa shape index (κ3) is 2.46. The van der Waals surface area contributed by atoms with Crippen molar-refractivity contribution in [3.05, 3.63) is 0 Å². The molecule has 2 aliphatic heterocycles. The minimum Gasteiger partial charge on any atom is -0.442 e. The Bertz CT molecular complexity index is 281. The van der Waals surface area contributed by atoms with Crippen molar-refractivity contribution in [3.8, 4) is 0 Å². The second kappa shape index (κ2) is 4.72. The van der Waals surface area contributed by atoms with Crippen LogP contribution in [0.15, 0.2) is 0 Å². The highest BCUT2D eigenvalue weighted by Crippen LogP contribution is 2.15. The van der Waals surface area contributed by atoms with Crippen molar-refractivity contribution in [3.63, 3.8) is 0 Å². The van der Waals surface area contributed by atoms with Gasteiger partial charge in [-0.3, -0.25) is 4.79 Å². The molecule has 2 rings (SSSR count). The fraction of sp³-hybridized carbons (Fsp3) is 0.818. The molecular formula is C11H18N2O3. The summed E-state index contributed by atoms with van der Waals surface area (Å²) in [4.78, 5) is 26.1. The highest BCUT2D eigenvalue weighted by Gasteiger charge is 2.33. The van der Waals surface area contributed by atoms with Gasteiger partial charge in [0.05, 0.1) is 13.1 Å². The van der Waals surface area contributed by atoms with E-state index in [0.29, 0.717) is 13.1 Å². The van der Waals surface area contributed by atoms with Crippen LogP contribution in [-0.4, -0.2) is 54.1 Å². The average molecular weight is 226 g/mol. The van der Waals surface area contributed by atoms with Crippen molar-refractivity contribution < 1.29 is 14.3 Å². The van der Waals surface area contributed by atoms with Crippen LogP contribution in [0.2, 0.25) is 0 Å². The first-order valence-electron chi connectivity index (χ1n) is 5.88. The van der Waals surface area contributed by atoms with E-state index in [4.69, 9.17) is 4.74 Å². The van der Waals surface area contributed by atoms with Crippen LogP contribution < -0.4 is 0 Å². The lowest BCUT2D eigenvalue weighted by Gasteiger charge is -2.39. The predicted octanol–water partition coefficient (Wildman–Crippen LogP) is 0.840. The lowest BCUT2D eigenvalue weighted by molar-refractivity contribution is -0.139. The summed E-state index contributed by atoms with van der Waals surface area (Å²) >= 11 is 0. The standard InChI is InChI=1S/C11H18N2O3/c1-9(14)13-7-10(8-13)16-11(15)12-5-3-2-4-6-12/h10H,2-8H2,1H3. The number of hydrogen-bond acceptors (Lipinski definition) is 3. The first-order valence-corrected chi connectivity index (χ1v) is 5.88. The summed E-state index contributed by atoms with van der Waals surface area (Å²) in [6.07, 6.45) is 3.02. The van der Waals surface area contributed by atoms with Gasteiger partial charge >= 0.3 is 6.09 Å². The molecule has 16 heavy (non-hydrogen) atoms. The highest BCUT2D eigenvalue weighted by molar-refractivity contribution is 5.74. The number of nitrogens with zero attached hydrogens (tertiary/aromatic N) is 2. The Balaban J connectivity index is 1.70. The lowest BCUT2D eigenvalue weighted by atomic mass is 10.1. The summed E-state index contributed by atoms with van der Waals surface area (Å²) in [6.45, 7) is 4.25. The number of rotatable bonds is 1. The van der Waals surface area contributed by atoms with E-state index in [2.05, 4.69) is 0 Å². The second-order valence-corrected chi connectivity index (χ2v) is 4.48. The Morgan fingerprint density at radius 3 is 2.25 bits per heavy atom. The van der Waals surface area contributed by atoms with E-state index in [9.17, 15) is 9.59 Å². The van der Waals surface area contributed by atoms with Gasteiger partial charge < -0.3 is 14.5 Å². The van der Waals surface area contributed by atoms with Crippen LogP contribution in [0, 0.1) is 0 Å². The molecule has 0 bridgehead atoms. The van der Waals surface area contributed by atoms with Crippen molar-refractivity contribution in [1.82, 2.24) is 9.80 Å². The van der Waals surface area contributed by atoms with Gasteiger partial charge in [0.2, 0.25) is 5.91 Å². The average Bonchev–Trinajstić information content (AvgIpc) is 2.23. The minimum atomic E-state index is -0.215. The van der Waals surface area contributed by atoms with Gasteiger partial charge in [0.15, 0.2) is 0 Å². The van der Waals surface area contributed by atoms with Crippen molar-refractivity contribution in [1.29, 1.82) is 0 Å². The predicted molar refractivity (Wildman–Crippen MR) is 57.9 cm³/mol. The third-order valence-electron chi connectivity index (χ3n) is 3.18. The Hall–Kier alpha value is -1.26. The van der Waals surface area contributed by atoms with E-state index in [-0.39, 0.29) is 18.1 Å². The number of piperidine rings is 1. The minimum absolute atomic E-state index is 0.0465. The summed E-state index contributed by atoms with van der Waals surface area (Å²) in [5.74, 6) is 0.0465. The maximum atomic E-state index is 11.7. The molecule has 0 unspecified atom stereocenters. The highest BCUT2D eigenvalue weighted by atomic mass is 16.6. The zero-order valence-electron chi connectivity index (χ0n) is 9.65. The molecule has 0 N–H and O–H groups in total. The topological polar surface area (TPSA) is 49.9 Å². The summed E-state index contributed by atoms with van der Waals surface area (Å²) < 4.78 is 5.30. The Labute approximate surface area is 95.3 Å². The molecule has 0 aliphatic carbocycles. The van der Waals surface area contributed by atoms with Crippen LogP contribution in [0.25, 0.3) is 0 Å². The van der Waals surface area contributed by atoms with Gasteiger partial charge in [-0.1, -0.05) is 0 Å². The monoisotopic (exact) mass is 226 g/mol. The molecule has 0 spiro atoms. The summed E-state index contributed by atoms with van der Waals surface area (Å²) in [7, 11) is 0. The SMILES string of the molecule is CC(=O)N1CC(OC(=O)N2CCCCC2)C1. The molecule has 0 atom stereocenters. The smallest absolute Gasteiger partial charge is 0.410 e. The molecule has 0 radical (unpaired) electrons. The molecule has 0 saturated carbocycles. The molecule has 2 saturated heterocycles. The van der Waals surface area contributed by atoms with Crippen LogP contribution in [0.4, 0.5) is 4.79 Å². The molecule has 0 aromatic rings. The Kier molecular flexibility index (Phi) is 3.31. The van der Waals surface area contributed by atoms with Gasteiger partial charge in [-0.05, 0) is 19.3 Å². The van der Waals surface area contributed by atoms with E-state index < -0.39 is 0 Å². The number of carbonyl (C=O) groups is 2. The quantitative estimate of drug-likeness (QED) is 0.665. The number of ether oxygens (including phenoxy) is 1. The van der Waals surface area contributed by atoms with Gasteiger partial charge in [0.25, 0.3) is 0 Å². The van der Waals surface area contributed by atoms with Crippen molar-refractivity contribution >= 4 is 12.0 Å². The van der Waals surface area contributed by atoms with E-state index in [0.717, 1.165) is 25.9 Å². The van der Waals surface area contributed by atoms with E-state index in [1.165, 1.54) is 13.3 Å². The zero-order valence-corrected chi connectivity index (χ0v) is 9.65. The van der Waals surface area contributed by atoms with Crippen LogP contribution in [-0.2, 0) is 9.53 Å². The van der Waals surface area contributed by atoms with Gasteiger partial charge in [0.1, 0.15) is 6.10 Å². The normalized spacial score (nSPS) is 21.6. The summed E-state index contributed by atoms with van der Waals surface area (Å²) in [5, 5.41) is 0. The van der Waals surface area contributed by atoms with Gasteiger partial charge in [-0.25, -0.2) is 4.79 Å². The van der Waals surface area contributed by atoms with Crippen LogP contribution in [0.5, 0.6) is 0 Å². The van der Waals surface area contributed by atoms with Crippen molar-refractivity contribution in [2.24, 2.45) is 0 Å². The van der Waals surface area contributed by atoms with Crippen molar-refractivity contribution in [2.45, 2.75) is 32.3 Å². The number of hydrogen-bond donors (Lipinski definition) is 0. The summed E-state index contributed by atoms with van der Waals surface area (Å²) in [6, 6.07) is 0. The number of amides is 2.